The maximum atomic E-state index is 13.8. The van der Waals surface area contributed by atoms with Gasteiger partial charge in [-0.05, 0) is 56.5 Å². The fourth-order valence-electron chi connectivity index (χ4n) is 4.34. The summed E-state index contributed by atoms with van der Waals surface area (Å²) in [6.07, 6.45) is 6.04. The molecule has 1 saturated carbocycles. The van der Waals surface area contributed by atoms with Crippen LogP contribution < -0.4 is 5.32 Å². The second-order valence-electron chi connectivity index (χ2n) is 7.12. The highest BCUT2D eigenvalue weighted by molar-refractivity contribution is 5.88. The first-order valence-corrected chi connectivity index (χ1v) is 8.86. The Labute approximate surface area is 138 Å². The van der Waals surface area contributed by atoms with Crippen molar-refractivity contribution in [2.75, 3.05) is 26.7 Å². The molecule has 1 heterocycles. The van der Waals surface area contributed by atoms with Gasteiger partial charge in [0.15, 0.2) is 0 Å². The molecule has 1 aliphatic carbocycles. The van der Waals surface area contributed by atoms with E-state index < -0.39 is 5.41 Å². The molecule has 1 atom stereocenters. The topological polar surface area (TPSA) is 32.3 Å². The molecule has 126 valence electrons. The van der Waals surface area contributed by atoms with E-state index in [0.717, 1.165) is 57.3 Å². The molecule has 4 heteroatoms. The molecule has 3 rings (SSSR count). The summed E-state index contributed by atoms with van der Waals surface area (Å²) in [7, 11) is 1.96. The molecule has 0 aromatic heterocycles. The molecule has 1 amide bonds. The van der Waals surface area contributed by atoms with E-state index in [1.807, 2.05) is 18.0 Å². The van der Waals surface area contributed by atoms with Crippen molar-refractivity contribution in [1.29, 1.82) is 0 Å². The molecule has 2 aliphatic rings. The molecular weight excluding hydrogens is 291 g/mol. The third-order valence-electron chi connectivity index (χ3n) is 5.56. The molecule has 23 heavy (non-hydrogen) atoms. The highest BCUT2D eigenvalue weighted by Crippen LogP contribution is 2.42. The van der Waals surface area contributed by atoms with Gasteiger partial charge in [0.05, 0.1) is 5.41 Å². The lowest BCUT2D eigenvalue weighted by Crippen LogP contribution is -2.47. The van der Waals surface area contributed by atoms with Crippen molar-refractivity contribution in [1.82, 2.24) is 10.2 Å². The maximum Gasteiger partial charge on any atom is 0.233 e. The van der Waals surface area contributed by atoms with Crippen molar-refractivity contribution < 1.29 is 9.18 Å². The fraction of sp³-hybridized carbons (Fsp3) is 0.632. The van der Waals surface area contributed by atoms with Gasteiger partial charge in [-0.1, -0.05) is 31.4 Å². The van der Waals surface area contributed by atoms with Crippen LogP contribution in [0.2, 0.25) is 0 Å². The minimum absolute atomic E-state index is 0.224. The maximum absolute atomic E-state index is 13.8. The molecular formula is C19H27FN2O. The Morgan fingerprint density at radius 3 is 2.83 bits per heavy atom. The molecule has 0 radical (unpaired) electrons. The van der Waals surface area contributed by atoms with E-state index in [2.05, 4.69) is 5.32 Å². The van der Waals surface area contributed by atoms with E-state index in [0.29, 0.717) is 5.92 Å². The van der Waals surface area contributed by atoms with Crippen LogP contribution in [0.1, 0.15) is 44.1 Å². The average molecular weight is 318 g/mol. The van der Waals surface area contributed by atoms with Crippen LogP contribution in [0, 0.1) is 11.7 Å². The number of nitrogens with zero attached hydrogens (tertiary/aromatic N) is 1. The Bertz CT molecular complexity index is 554. The van der Waals surface area contributed by atoms with Crippen LogP contribution in [0.4, 0.5) is 4.39 Å². The zero-order chi connectivity index (χ0) is 16.3. The van der Waals surface area contributed by atoms with Crippen LogP contribution in [-0.4, -0.2) is 37.5 Å². The summed E-state index contributed by atoms with van der Waals surface area (Å²) in [5, 5.41) is 3.21. The Kier molecular flexibility index (Phi) is 5.00. The summed E-state index contributed by atoms with van der Waals surface area (Å²) < 4.78 is 13.8. The van der Waals surface area contributed by atoms with Gasteiger partial charge in [-0.3, -0.25) is 4.79 Å². The van der Waals surface area contributed by atoms with Gasteiger partial charge < -0.3 is 10.2 Å². The summed E-state index contributed by atoms with van der Waals surface area (Å²) in [4.78, 5) is 15.4. The molecule has 2 fully saturated rings. The Morgan fingerprint density at radius 1 is 1.35 bits per heavy atom. The summed E-state index contributed by atoms with van der Waals surface area (Å²) in [6.45, 7) is 2.62. The minimum atomic E-state index is -0.505. The summed E-state index contributed by atoms with van der Waals surface area (Å²) in [5.74, 6) is 0.522. The first-order valence-electron chi connectivity index (χ1n) is 8.86. The van der Waals surface area contributed by atoms with E-state index in [1.165, 1.54) is 12.5 Å². The quantitative estimate of drug-likeness (QED) is 0.925. The van der Waals surface area contributed by atoms with Crippen molar-refractivity contribution in [2.24, 2.45) is 5.92 Å². The lowest BCUT2D eigenvalue weighted by Gasteiger charge is -2.39. The Morgan fingerprint density at radius 2 is 2.13 bits per heavy atom. The van der Waals surface area contributed by atoms with Gasteiger partial charge in [0, 0.05) is 13.1 Å². The zero-order valence-electron chi connectivity index (χ0n) is 14.0. The number of halogens is 1. The van der Waals surface area contributed by atoms with E-state index in [-0.39, 0.29) is 11.7 Å². The normalized spacial score (nSPS) is 23.9. The van der Waals surface area contributed by atoms with Crippen molar-refractivity contribution in [3.63, 3.8) is 0 Å². The van der Waals surface area contributed by atoms with Gasteiger partial charge in [0.1, 0.15) is 5.82 Å². The second kappa shape index (κ2) is 7.00. The first kappa shape index (κ1) is 16.4. The van der Waals surface area contributed by atoms with Crippen molar-refractivity contribution in [2.45, 2.75) is 43.9 Å². The van der Waals surface area contributed by atoms with Gasteiger partial charge in [-0.25, -0.2) is 4.39 Å². The Balaban J connectivity index is 1.86. The Hall–Kier alpha value is -1.42. The monoisotopic (exact) mass is 318 g/mol. The smallest absolute Gasteiger partial charge is 0.233 e. The number of hydrogen-bond acceptors (Lipinski definition) is 2. The van der Waals surface area contributed by atoms with Crippen molar-refractivity contribution >= 4 is 5.91 Å². The van der Waals surface area contributed by atoms with E-state index >= 15 is 0 Å². The number of carbonyl (C=O) groups is 1. The molecule has 0 spiro atoms. The standard InChI is InChI=1S/C19H27FN2O/c1-21-13-15-8-11-22(14-15)18(23)19(9-3-2-4-10-19)16-6-5-7-17(20)12-16/h5-7,12,15,21H,2-4,8-11,13-14H2,1H3. The van der Waals surface area contributed by atoms with Crippen LogP contribution >= 0.6 is 0 Å². The number of likely N-dealkylation sites (tertiary alicyclic amines) is 1. The number of carbonyl (C=O) groups excluding carboxylic acids is 1. The van der Waals surface area contributed by atoms with Gasteiger partial charge in [-0.2, -0.15) is 0 Å². The first-order chi connectivity index (χ1) is 11.2. The van der Waals surface area contributed by atoms with Crippen LogP contribution in [-0.2, 0) is 10.2 Å². The van der Waals surface area contributed by atoms with Crippen molar-refractivity contribution in [3.8, 4) is 0 Å². The number of amides is 1. The SMILES string of the molecule is CNCC1CCN(C(=O)C2(c3cccc(F)c3)CCCCC2)C1. The lowest BCUT2D eigenvalue weighted by molar-refractivity contribution is -0.138. The molecule has 1 saturated heterocycles. The molecule has 1 aliphatic heterocycles. The van der Waals surface area contributed by atoms with Gasteiger partial charge in [0.2, 0.25) is 5.91 Å². The van der Waals surface area contributed by atoms with Gasteiger partial charge in [-0.15, -0.1) is 0 Å². The number of benzene rings is 1. The molecule has 3 nitrogen and oxygen atoms in total. The predicted molar refractivity (Wildman–Crippen MR) is 89.8 cm³/mol. The third-order valence-corrected chi connectivity index (χ3v) is 5.56. The largest absolute Gasteiger partial charge is 0.342 e. The fourth-order valence-corrected chi connectivity index (χ4v) is 4.34. The lowest BCUT2D eigenvalue weighted by atomic mass is 9.68. The average Bonchev–Trinajstić information content (AvgIpc) is 3.04. The highest BCUT2D eigenvalue weighted by Gasteiger charge is 2.45. The molecule has 1 N–H and O–H groups in total. The highest BCUT2D eigenvalue weighted by atomic mass is 19.1. The summed E-state index contributed by atoms with van der Waals surface area (Å²) in [5.41, 5.74) is 0.369. The number of hydrogen-bond donors (Lipinski definition) is 1. The third kappa shape index (κ3) is 3.27. The van der Waals surface area contributed by atoms with Gasteiger partial charge >= 0.3 is 0 Å². The molecule has 1 unspecified atom stereocenters. The summed E-state index contributed by atoms with van der Waals surface area (Å²) >= 11 is 0. The van der Waals surface area contributed by atoms with E-state index in [4.69, 9.17) is 0 Å². The number of rotatable bonds is 4. The second-order valence-corrected chi connectivity index (χ2v) is 7.12. The van der Waals surface area contributed by atoms with Gasteiger partial charge in [0.25, 0.3) is 0 Å². The van der Waals surface area contributed by atoms with Crippen LogP contribution in [0.5, 0.6) is 0 Å². The molecule has 1 aromatic carbocycles. The van der Waals surface area contributed by atoms with Crippen LogP contribution in [0.3, 0.4) is 0 Å². The van der Waals surface area contributed by atoms with Crippen LogP contribution in [0.25, 0.3) is 0 Å². The summed E-state index contributed by atoms with van der Waals surface area (Å²) in [6, 6.07) is 6.71. The van der Waals surface area contributed by atoms with E-state index in [9.17, 15) is 9.18 Å². The van der Waals surface area contributed by atoms with E-state index in [1.54, 1.807) is 12.1 Å². The van der Waals surface area contributed by atoms with Crippen LogP contribution in [0.15, 0.2) is 24.3 Å². The van der Waals surface area contributed by atoms with Crippen molar-refractivity contribution in [3.05, 3.63) is 35.6 Å². The molecule has 1 aromatic rings. The molecule has 0 bridgehead atoms. The zero-order valence-corrected chi connectivity index (χ0v) is 14.0. The predicted octanol–water partition coefficient (Wildman–Crippen LogP) is 3.10. The number of nitrogens with one attached hydrogen (secondary N) is 1. The minimum Gasteiger partial charge on any atom is -0.342 e.